The summed E-state index contributed by atoms with van der Waals surface area (Å²) < 4.78 is 26.6. The molecule has 4 heteroatoms. The topological polar surface area (TPSA) is 38.0 Å². The van der Waals surface area contributed by atoms with Gasteiger partial charge in [-0.3, -0.25) is 0 Å². The highest BCUT2D eigenvalue weighted by atomic mass is 19.1. The number of anilines is 1. The molecule has 0 saturated carbocycles. The lowest BCUT2D eigenvalue weighted by Gasteiger charge is -2.19. The molecule has 1 atom stereocenters. The van der Waals surface area contributed by atoms with Crippen LogP contribution in [0.4, 0.5) is 14.5 Å². The molecular weight excluding hydrogens is 234 g/mol. The Labute approximate surface area is 104 Å². The molecule has 0 aromatic heterocycles. The second kappa shape index (κ2) is 5.60. The van der Waals surface area contributed by atoms with Crippen LogP contribution in [-0.2, 0) is 0 Å². The van der Waals surface area contributed by atoms with Gasteiger partial charge in [0.25, 0.3) is 0 Å². The van der Waals surface area contributed by atoms with E-state index in [0.717, 1.165) is 0 Å². The summed E-state index contributed by atoms with van der Waals surface area (Å²) in [5.74, 6) is -0.686. The van der Waals surface area contributed by atoms with Gasteiger partial charge in [0.2, 0.25) is 0 Å². The van der Waals surface area contributed by atoms with Crippen molar-refractivity contribution in [2.45, 2.75) is 6.04 Å². The summed E-state index contributed by atoms with van der Waals surface area (Å²) in [5, 5.41) is 2.97. The number of benzene rings is 2. The van der Waals surface area contributed by atoms with Crippen LogP contribution < -0.4 is 11.1 Å². The Balaban J connectivity index is 2.23. The van der Waals surface area contributed by atoms with E-state index in [4.69, 9.17) is 5.73 Å². The molecule has 94 valence electrons. The number of hydrogen-bond acceptors (Lipinski definition) is 2. The SMILES string of the molecule is NCC(Nc1ccccc1F)c1cccc(F)c1. The minimum atomic E-state index is -0.354. The molecule has 2 rings (SSSR count). The molecule has 0 spiro atoms. The van der Waals surface area contributed by atoms with E-state index < -0.39 is 0 Å². The Kier molecular flexibility index (Phi) is 3.89. The Morgan fingerprint density at radius 2 is 1.83 bits per heavy atom. The van der Waals surface area contributed by atoms with Gasteiger partial charge < -0.3 is 11.1 Å². The smallest absolute Gasteiger partial charge is 0.146 e. The van der Waals surface area contributed by atoms with Gasteiger partial charge in [-0.05, 0) is 29.8 Å². The molecular formula is C14H14F2N2. The molecule has 0 aliphatic heterocycles. The zero-order chi connectivity index (χ0) is 13.0. The lowest BCUT2D eigenvalue weighted by Crippen LogP contribution is -2.21. The van der Waals surface area contributed by atoms with Crippen molar-refractivity contribution in [1.82, 2.24) is 0 Å². The van der Waals surface area contributed by atoms with Crippen molar-refractivity contribution in [3.8, 4) is 0 Å². The molecule has 0 bridgehead atoms. The third kappa shape index (κ3) is 2.84. The number of nitrogens with two attached hydrogens (primary N) is 1. The predicted octanol–water partition coefficient (Wildman–Crippen LogP) is 3.08. The third-order valence-electron chi connectivity index (χ3n) is 2.69. The first-order valence-corrected chi connectivity index (χ1v) is 5.67. The number of para-hydroxylation sites is 1. The van der Waals surface area contributed by atoms with E-state index in [0.29, 0.717) is 11.3 Å². The number of halogens is 2. The predicted molar refractivity (Wildman–Crippen MR) is 68.2 cm³/mol. The van der Waals surface area contributed by atoms with Crippen molar-refractivity contribution in [3.05, 3.63) is 65.7 Å². The highest BCUT2D eigenvalue weighted by Crippen LogP contribution is 2.21. The fourth-order valence-corrected chi connectivity index (χ4v) is 1.77. The van der Waals surface area contributed by atoms with Crippen LogP contribution in [0.3, 0.4) is 0 Å². The third-order valence-corrected chi connectivity index (χ3v) is 2.69. The Morgan fingerprint density at radius 3 is 2.50 bits per heavy atom. The van der Waals surface area contributed by atoms with E-state index in [-0.39, 0.29) is 24.2 Å². The molecule has 0 heterocycles. The number of hydrogen-bond donors (Lipinski definition) is 2. The van der Waals surface area contributed by atoms with Gasteiger partial charge in [0.1, 0.15) is 11.6 Å². The zero-order valence-electron chi connectivity index (χ0n) is 9.74. The first-order valence-electron chi connectivity index (χ1n) is 5.67. The summed E-state index contributed by atoms with van der Waals surface area (Å²) in [5.41, 5.74) is 6.70. The van der Waals surface area contributed by atoms with Crippen LogP contribution in [0.25, 0.3) is 0 Å². The molecule has 0 aliphatic rings. The highest BCUT2D eigenvalue weighted by molar-refractivity contribution is 5.46. The molecule has 0 radical (unpaired) electrons. The van der Waals surface area contributed by atoms with Crippen LogP contribution in [0.1, 0.15) is 11.6 Å². The van der Waals surface area contributed by atoms with E-state index in [2.05, 4.69) is 5.32 Å². The highest BCUT2D eigenvalue weighted by Gasteiger charge is 2.11. The summed E-state index contributed by atoms with van der Waals surface area (Å²) in [4.78, 5) is 0. The molecule has 18 heavy (non-hydrogen) atoms. The first kappa shape index (κ1) is 12.5. The van der Waals surface area contributed by atoms with Gasteiger partial charge in [0.05, 0.1) is 11.7 Å². The van der Waals surface area contributed by atoms with E-state index in [9.17, 15) is 8.78 Å². The van der Waals surface area contributed by atoms with Crippen molar-refractivity contribution in [2.24, 2.45) is 5.73 Å². The standard InChI is InChI=1S/C14H14F2N2/c15-11-5-3-4-10(8-11)14(9-17)18-13-7-2-1-6-12(13)16/h1-8,14,18H,9,17H2. The fourth-order valence-electron chi connectivity index (χ4n) is 1.77. The normalized spacial score (nSPS) is 12.2. The van der Waals surface area contributed by atoms with Crippen molar-refractivity contribution < 1.29 is 8.78 Å². The van der Waals surface area contributed by atoms with Crippen LogP contribution >= 0.6 is 0 Å². The van der Waals surface area contributed by atoms with Gasteiger partial charge in [-0.15, -0.1) is 0 Å². The largest absolute Gasteiger partial charge is 0.375 e. The molecule has 0 aliphatic carbocycles. The summed E-state index contributed by atoms with van der Waals surface area (Å²) in [7, 11) is 0. The minimum absolute atomic E-state index is 0.248. The van der Waals surface area contributed by atoms with Gasteiger partial charge in [0, 0.05) is 6.54 Å². The lowest BCUT2D eigenvalue weighted by molar-refractivity contribution is 0.618. The molecule has 1 unspecified atom stereocenters. The maximum absolute atomic E-state index is 13.5. The van der Waals surface area contributed by atoms with E-state index in [1.807, 2.05) is 0 Å². The van der Waals surface area contributed by atoms with Crippen molar-refractivity contribution in [3.63, 3.8) is 0 Å². The Morgan fingerprint density at radius 1 is 1.06 bits per heavy atom. The zero-order valence-corrected chi connectivity index (χ0v) is 9.74. The number of rotatable bonds is 4. The van der Waals surface area contributed by atoms with Crippen LogP contribution in [-0.4, -0.2) is 6.54 Å². The van der Waals surface area contributed by atoms with Crippen molar-refractivity contribution in [2.75, 3.05) is 11.9 Å². The molecule has 0 saturated heterocycles. The maximum atomic E-state index is 13.5. The van der Waals surface area contributed by atoms with Gasteiger partial charge in [0.15, 0.2) is 0 Å². The number of nitrogens with one attached hydrogen (secondary N) is 1. The summed E-state index contributed by atoms with van der Waals surface area (Å²) in [6.07, 6.45) is 0. The van der Waals surface area contributed by atoms with Crippen molar-refractivity contribution >= 4 is 5.69 Å². The van der Waals surface area contributed by atoms with Crippen LogP contribution in [0, 0.1) is 11.6 Å². The second-order valence-electron chi connectivity index (χ2n) is 3.97. The molecule has 2 aromatic carbocycles. The summed E-state index contributed by atoms with van der Waals surface area (Å²) in [6.45, 7) is 0.248. The lowest BCUT2D eigenvalue weighted by atomic mass is 10.1. The molecule has 0 fully saturated rings. The summed E-state index contributed by atoms with van der Waals surface area (Å²) >= 11 is 0. The van der Waals surface area contributed by atoms with Crippen LogP contribution in [0.5, 0.6) is 0 Å². The molecule has 3 N–H and O–H groups in total. The minimum Gasteiger partial charge on any atom is -0.375 e. The monoisotopic (exact) mass is 248 g/mol. The van der Waals surface area contributed by atoms with Gasteiger partial charge in [-0.2, -0.15) is 0 Å². The summed E-state index contributed by atoms with van der Waals surface area (Å²) in [6, 6.07) is 12.1. The fraction of sp³-hybridized carbons (Fsp3) is 0.143. The van der Waals surface area contributed by atoms with Crippen LogP contribution in [0.15, 0.2) is 48.5 Å². The van der Waals surface area contributed by atoms with Crippen LogP contribution in [0.2, 0.25) is 0 Å². The quantitative estimate of drug-likeness (QED) is 0.872. The van der Waals surface area contributed by atoms with Crippen molar-refractivity contribution in [1.29, 1.82) is 0 Å². The first-order chi connectivity index (χ1) is 8.70. The van der Waals surface area contributed by atoms with Gasteiger partial charge >= 0.3 is 0 Å². The maximum Gasteiger partial charge on any atom is 0.146 e. The van der Waals surface area contributed by atoms with E-state index >= 15 is 0 Å². The van der Waals surface area contributed by atoms with Gasteiger partial charge in [-0.25, -0.2) is 8.78 Å². The Hall–Kier alpha value is -1.94. The molecule has 0 amide bonds. The second-order valence-corrected chi connectivity index (χ2v) is 3.97. The van der Waals surface area contributed by atoms with E-state index in [1.54, 1.807) is 30.3 Å². The van der Waals surface area contributed by atoms with Gasteiger partial charge in [-0.1, -0.05) is 24.3 Å². The average Bonchev–Trinajstić information content (AvgIpc) is 2.38. The molecule has 2 aromatic rings. The average molecular weight is 248 g/mol. The molecule has 2 nitrogen and oxygen atoms in total. The Bertz CT molecular complexity index is 529. The van der Waals surface area contributed by atoms with E-state index in [1.165, 1.54) is 18.2 Å².